The number of hydrogen-bond acceptors (Lipinski definition) is 7. The van der Waals surface area contributed by atoms with Gasteiger partial charge in [-0.1, -0.05) is 11.8 Å². The van der Waals surface area contributed by atoms with Gasteiger partial charge in [0.2, 0.25) is 5.91 Å². The Bertz CT molecular complexity index is 1230. The molecule has 0 spiro atoms. The predicted octanol–water partition coefficient (Wildman–Crippen LogP) is 2.55. The number of fused-ring (bicyclic) bond motifs is 1. The van der Waals surface area contributed by atoms with Gasteiger partial charge in [0.25, 0.3) is 0 Å². The van der Waals surface area contributed by atoms with Crippen molar-refractivity contribution >= 4 is 28.7 Å². The van der Waals surface area contributed by atoms with Crippen molar-refractivity contribution in [2.45, 2.75) is 18.6 Å². The van der Waals surface area contributed by atoms with Gasteiger partial charge in [0.15, 0.2) is 10.8 Å². The number of carbonyl (C=O) groups is 1. The van der Waals surface area contributed by atoms with Crippen molar-refractivity contribution in [1.82, 2.24) is 25.1 Å². The molecular weight excluding hydrogens is 404 g/mol. The quantitative estimate of drug-likeness (QED) is 0.310. The Morgan fingerprint density at radius 2 is 2.13 bits per heavy atom. The van der Waals surface area contributed by atoms with Crippen LogP contribution in [0.3, 0.4) is 0 Å². The normalized spacial score (nSPS) is 11.0. The third kappa shape index (κ3) is 3.94. The van der Waals surface area contributed by atoms with E-state index in [9.17, 15) is 4.79 Å². The Labute approximate surface area is 176 Å². The molecule has 3 heterocycles. The molecule has 0 radical (unpaired) electrons. The number of carbonyl (C=O) groups excluding carboxylic acids is 1. The lowest BCUT2D eigenvalue weighted by Gasteiger charge is -2.14. The van der Waals surface area contributed by atoms with Crippen LogP contribution in [0.15, 0.2) is 52.2 Å². The van der Waals surface area contributed by atoms with Gasteiger partial charge in [-0.25, -0.2) is 4.98 Å². The summed E-state index contributed by atoms with van der Waals surface area (Å²) in [7, 11) is 1.60. The summed E-state index contributed by atoms with van der Waals surface area (Å²) in [6, 6.07) is 10.9. The van der Waals surface area contributed by atoms with Gasteiger partial charge in [-0.3, -0.25) is 19.9 Å². The number of H-pyrrole nitrogens is 1. The maximum absolute atomic E-state index is 12.3. The van der Waals surface area contributed by atoms with E-state index < -0.39 is 0 Å². The standard InChI is InChI=1S/C20H20N6O3S/c1-12-17-18(21)26(13-5-7-14(28-2)8-6-13)20(23-19(17)25-24-12)30-11-16(27)22-10-15-4-3-9-29-15/h3-9,21H,10-11H2,1-2H3,(H,22,27)(H,24,25). The van der Waals surface area contributed by atoms with Gasteiger partial charge in [0, 0.05) is 11.4 Å². The van der Waals surface area contributed by atoms with E-state index in [4.69, 9.17) is 14.6 Å². The number of thioether (sulfide) groups is 1. The number of aryl methyl sites for hydroxylation is 1. The van der Waals surface area contributed by atoms with Crippen LogP contribution in [0.1, 0.15) is 11.5 Å². The second kappa shape index (κ2) is 8.46. The second-order valence-electron chi connectivity index (χ2n) is 6.47. The van der Waals surface area contributed by atoms with Crippen molar-refractivity contribution in [2.75, 3.05) is 12.9 Å². The third-order valence-corrected chi connectivity index (χ3v) is 5.42. The molecule has 0 aliphatic carbocycles. The molecule has 3 N–H and O–H groups in total. The van der Waals surface area contributed by atoms with Gasteiger partial charge in [-0.15, -0.1) is 0 Å². The molecule has 3 aromatic heterocycles. The van der Waals surface area contributed by atoms with Crippen LogP contribution in [-0.2, 0) is 11.3 Å². The first-order chi connectivity index (χ1) is 14.6. The lowest BCUT2D eigenvalue weighted by atomic mass is 10.2. The predicted molar refractivity (Wildman–Crippen MR) is 112 cm³/mol. The fourth-order valence-corrected chi connectivity index (χ4v) is 3.82. The third-order valence-electron chi connectivity index (χ3n) is 4.48. The largest absolute Gasteiger partial charge is 0.497 e. The molecule has 0 fully saturated rings. The number of rotatable bonds is 7. The van der Waals surface area contributed by atoms with Crippen LogP contribution in [0.2, 0.25) is 0 Å². The molecule has 30 heavy (non-hydrogen) atoms. The minimum atomic E-state index is -0.163. The van der Waals surface area contributed by atoms with Crippen LogP contribution in [0, 0.1) is 12.3 Å². The van der Waals surface area contributed by atoms with Gasteiger partial charge in [0.05, 0.1) is 31.1 Å². The van der Waals surface area contributed by atoms with Crippen molar-refractivity contribution in [3.8, 4) is 11.4 Å². The van der Waals surface area contributed by atoms with Crippen molar-refractivity contribution in [1.29, 1.82) is 5.41 Å². The highest BCUT2D eigenvalue weighted by molar-refractivity contribution is 7.99. The highest BCUT2D eigenvalue weighted by atomic mass is 32.2. The van der Waals surface area contributed by atoms with Crippen LogP contribution in [-0.4, -0.2) is 38.5 Å². The topological polar surface area (TPSA) is 122 Å². The molecule has 9 nitrogen and oxygen atoms in total. The average Bonchev–Trinajstić information content (AvgIpc) is 3.41. The molecule has 4 aromatic rings. The highest BCUT2D eigenvalue weighted by Crippen LogP contribution is 2.23. The molecule has 0 bridgehead atoms. The fraction of sp³-hybridized carbons (Fsp3) is 0.200. The van der Waals surface area contributed by atoms with E-state index in [1.807, 2.05) is 31.2 Å². The summed E-state index contributed by atoms with van der Waals surface area (Å²) in [6.45, 7) is 2.17. The number of ether oxygens (including phenoxy) is 1. The first-order valence-corrected chi connectivity index (χ1v) is 10.1. The summed E-state index contributed by atoms with van der Waals surface area (Å²) in [5.41, 5.74) is 2.20. The number of amides is 1. The second-order valence-corrected chi connectivity index (χ2v) is 7.41. The molecule has 0 aliphatic rings. The number of benzene rings is 1. The fourth-order valence-electron chi connectivity index (χ4n) is 2.98. The van der Waals surface area contributed by atoms with E-state index in [0.717, 1.165) is 11.4 Å². The van der Waals surface area contributed by atoms with Gasteiger partial charge < -0.3 is 14.5 Å². The minimum absolute atomic E-state index is 0.137. The van der Waals surface area contributed by atoms with Gasteiger partial charge >= 0.3 is 0 Å². The first kappa shape index (κ1) is 19.8. The zero-order valence-electron chi connectivity index (χ0n) is 16.4. The molecule has 0 saturated heterocycles. The van der Waals surface area contributed by atoms with Crippen molar-refractivity contribution in [3.05, 3.63) is 59.6 Å². The Hall–Kier alpha value is -3.53. The molecule has 0 saturated carbocycles. The van der Waals surface area contributed by atoms with E-state index in [1.165, 1.54) is 11.8 Å². The summed E-state index contributed by atoms with van der Waals surface area (Å²) < 4.78 is 12.2. The number of aromatic amines is 1. The molecule has 0 unspecified atom stereocenters. The van der Waals surface area contributed by atoms with Crippen LogP contribution in [0.5, 0.6) is 5.75 Å². The maximum atomic E-state index is 12.3. The Balaban J connectivity index is 1.63. The van der Waals surface area contributed by atoms with Gasteiger partial charge in [-0.05, 0) is 43.3 Å². The SMILES string of the molecule is COc1ccc(-n2c(SCC(=O)NCc3ccco3)nc3n[nH]c(C)c3c2=N)cc1. The Morgan fingerprint density at radius 1 is 1.33 bits per heavy atom. The molecule has 1 amide bonds. The molecule has 154 valence electrons. The van der Waals surface area contributed by atoms with E-state index in [0.29, 0.717) is 34.2 Å². The molecule has 10 heteroatoms. The Kier molecular flexibility index (Phi) is 5.57. The smallest absolute Gasteiger partial charge is 0.230 e. The van der Waals surface area contributed by atoms with Crippen LogP contribution >= 0.6 is 11.8 Å². The lowest BCUT2D eigenvalue weighted by Crippen LogP contribution is -2.26. The van der Waals surface area contributed by atoms with Crippen molar-refractivity contribution < 1.29 is 13.9 Å². The number of nitrogens with zero attached hydrogens (tertiary/aromatic N) is 3. The highest BCUT2D eigenvalue weighted by Gasteiger charge is 2.16. The summed E-state index contributed by atoms with van der Waals surface area (Å²) in [4.78, 5) is 16.9. The molecule has 1 aromatic carbocycles. The minimum Gasteiger partial charge on any atom is -0.497 e. The van der Waals surface area contributed by atoms with E-state index in [2.05, 4.69) is 20.5 Å². The number of methoxy groups -OCH3 is 1. The monoisotopic (exact) mass is 424 g/mol. The Morgan fingerprint density at radius 3 is 2.83 bits per heavy atom. The summed E-state index contributed by atoms with van der Waals surface area (Å²) in [5, 5.41) is 19.7. The summed E-state index contributed by atoms with van der Waals surface area (Å²) in [6.07, 6.45) is 1.56. The van der Waals surface area contributed by atoms with E-state index in [-0.39, 0.29) is 17.1 Å². The molecule has 0 aliphatic heterocycles. The number of hydrogen-bond donors (Lipinski definition) is 3. The number of furan rings is 1. The lowest BCUT2D eigenvalue weighted by molar-refractivity contribution is -0.118. The number of nitrogens with one attached hydrogen (secondary N) is 3. The zero-order chi connectivity index (χ0) is 21.1. The molecule has 4 rings (SSSR count). The molecule has 0 atom stereocenters. The first-order valence-electron chi connectivity index (χ1n) is 9.15. The summed E-state index contributed by atoms with van der Waals surface area (Å²) in [5.74, 6) is 1.37. The summed E-state index contributed by atoms with van der Waals surface area (Å²) >= 11 is 1.24. The zero-order valence-corrected chi connectivity index (χ0v) is 17.2. The van der Waals surface area contributed by atoms with Gasteiger partial charge in [-0.2, -0.15) is 5.10 Å². The maximum Gasteiger partial charge on any atom is 0.230 e. The average molecular weight is 424 g/mol. The molecular formula is C20H20N6O3S. The van der Waals surface area contributed by atoms with Crippen molar-refractivity contribution in [3.63, 3.8) is 0 Å². The van der Waals surface area contributed by atoms with Gasteiger partial charge in [0.1, 0.15) is 17.0 Å². The van der Waals surface area contributed by atoms with Crippen molar-refractivity contribution in [2.24, 2.45) is 0 Å². The van der Waals surface area contributed by atoms with Crippen LogP contribution in [0.25, 0.3) is 16.7 Å². The van der Waals surface area contributed by atoms with Crippen LogP contribution < -0.4 is 15.5 Å². The number of aromatic nitrogens is 4. The van der Waals surface area contributed by atoms with E-state index >= 15 is 0 Å². The van der Waals surface area contributed by atoms with Crippen LogP contribution in [0.4, 0.5) is 0 Å². The van der Waals surface area contributed by atoms with E-state index in [1.54, 1.807) is 30.1 Å².